The van der Waals surface area contributed by atoms with Gasteiger partial charge in [-0.25, -0.2) is 4.39 Å². The van der Waals surface area contributed by atoms with Gasteiger partial charge in [-0.3, -0.25) is 9.59 Å². The third kappa shape index (κ3) is 3.13. The Morgan fingerprint density at radius 2 is 1.89 bits per heavy atom. The Kier molecular flexibility index (Phi) is 4.59. The molecule has 5 heteroatoms. The Balaban J connectivity index is 1.75. The van der Waals surface area contributed by atoms with E-state index in [1.54, 1.807) is 23.1 Å². The molecule has 3 aromatic rings. The van der Waals surface area contributed by atoms with Gasteiger partial charge in [-0.05, 0) is 59.9 Å². The third-order valence-corrected chi connectivity index (χ3v) is 5.38. The number of aryl methyl sites for hydroxylation is 1. The maximum atomic E-state index is 14.5. The largest absolute Gasteiger partial charge is 0.368 e. The number of hydrogen-bond donors (Lipinski definition) is 1. The summed E-state index contributed by atoms with van der Waals surface area (Å²) in [4.78, 5) is 26.1. The molecule has 1 aliphatic rings. The van der Waals surface area contributed by atoms with Crippen LogP contribution in [0, 0.1) is 12.7 Å². The maximum absolute atomic E-state index is 14.5. The Labute approximate surface area is 162 Å². The molecule has 2 amide bonds. The molecule has 1 heterocycles. The lowest BCUT2D eigenvalue weighted by atomic mass is 9.95. The fraction of sp³-hybridized carbons (Fsp3) is 0.217. The summed E-state index contributed by atoms with van der Waals surface area (Å²) in [7, 11) is 0. The van der Waals surface area contributed by atoms with Crippen molar-refractivity contribution >= 4 is 22.6 Å². The van der Waals surface area contributed by atoms with Crippen molar-refractivity contribution < 1.29 is 14.0 Å². The van der Waals surface area contributed by atoms with Crippen molar-refractivity contribution in [3.05, 3.63) is 71.5 Å². The van der Waals surface area contributed by atoms with Gasteiger partial charge in [0.2, 0.25) is 5.91 Å². The number of benzene rings is 3. The van der Waals surface area contributed by atoms with Crippen molar-refractivity contribution in [2.45, 2.75) is 25.8 Å². The Morgan fingerprint density at radius 1 is 1.07 bits per heavy atom. The molecule has 4 nitrogen and oxygen atoms in total. The molecule has 4 rings (SSSR count). The molecule has 0 aliphatic carbocycles. The molecule has 28 heavy (non-hydrogen) atoms. The molecule has 3 aromatic carbocycles. The van der Waals surface area contributed by atoms with Gasteiger partial charge >= 0.3 is 0 Å². The van der Waals surface area contributed by atoms with E-state index in [1.807, 2.05) is 37.3 Å². The highest BCUT2D eigenvalue weighted by Gasteiger charge is 2.33. The van der Waals surface area contributed by atoms with Crippen LogP contribution in [-0.2, 0) is 4.79 Å². The number of primary amides is 1. The zero-order chi connectivity index (χ0) is 19.8. The number of carbonyl (C=O) groups excluding carboxylic acids is 2. The third-order valence-electron chi connectivity index (χ3n) is 5.38. The topological polar surface area (TPSA) is 63.4 Å². The molecule has 1 fully saturated rings. The number of rotatable bonds is 3. The first-order chi connectivity index (χ1) is 13.5. The smallest absolute Gasteiger partial charge is 0.254 e. The lowest BCUT2D eigenvalue weighted by Gasteiger charge is -2.22. The van der Waals surface area contributed by atoms with Crippen molar-refractivity contribution in [1.29, 1.82) is 0 Å². The standard InChI is InChI=1S/C23H21FN2O2/c1-14-7-9-19(20(24)12-14)18-5-2-4-15-13-16(8-10-17(15)18)23(28)26-11-3-6-21(26)22(25)27/h2,4-5,7-10,12-13,21H,3,6,11H2,1H3,(H2,25,27)/t21-/m0/s1. The van der Waals surface area contributed by atoms with E-state index in [9.17, 15) is 14.0 Å². The molecule has 0 bridgehead atoms. The summed E-state index contributed by atoms with van der Waals surface area (Å²) in [5.74, 6) is -0.937. The van der Waals surface area contributed by atoms with E-state index in [0.29, 0.717) is 24.1 Å². The average Bonchev–Trinajstić information content (AvgIpc) is 3.17. The highest BCUT2D eigenvalue weighted by molar-refractivity contribution is 6.04. The van der Waals surface area contributed by atoms with Crippen molar-refractivity contribution in [1.82, 2.24) is 4.90 Å². The minimum atomic E-state index is -0.545. The summed E-state index contributed by atoms with van der Waals surface area (Å²) in [6, 6.07) is 15.6. The summed E-state index contributed by atoms with van der Waals surface area (Å²) < 4.78 is 14.5. The zero-order valence-corrected chi connectivity index (χ0v) is 15.6. The SMILES string of the molecule is Cc1ccc(-c2cccc3cc(C(=O)N4CCC[C@H]4C(N)=O)ccc23)c(F)c1. The summed E-state index contributed by atoms with van der Waals surface area (Å²) >= 11 is 0. The van der Waals surface area contributed by atoms with Crippen LogP contribution in [0.2, 0.25) is 0 Å². The fourth-order valence-electron chi connectivity index (χ4n) is 3.96. The summed E-state index contributed by atoms with van der Waals surface area (Å²) in [5.41, 5.74) is 8.12. The Bertz CT molecular complexity index is 1090. The number of hydrogen-bond acceptors (Lipinski definition) is 2. The highest BCUT2D eigenvalue weighted by atomic mass is 19.1. The van der Waals surface area contributed by atoms with Crippen LogP contribution in [0.5, 0.6) is 0 Å². The van der Waals surface area contributed by atoms with Gasteiger partial charge in [-0.2, -0.15) is 0 Å². The van der Waals surface area contributed by atoms with Crippen LogP contribution in [0.1, 0.15) is 28.8 Å². The molecule has 2 N–H and O–H groups in total. The van der Waals surface area contributed by atoms with Crippen LogP contribution in [0.15, 0.2) is 54.6 Å². The van der Waals surface area contributed by atoms with Gasteiger partial charge in [0, 0.05) is 17.7 Å². The lowest BCUT2D eigenvalue weighted by Crippen LogP contribution is -2.43. The second-order valence-corrected chi connectivity index (χ2v) is 7.28. The van der Waals surface area contributed by atoms with Crippen molar-refractivity contribution in [3.63, 3.8) is 0 Å². The van der Waals surface area contributed by atoms with E-state index in [-0.39, 0.29) is 11.7 Å². The van der Waals surface area contributed by atoms with Gasteiger partial charge in [0.15, 0.2) is 0 Å². The minimum Gasteiger partial charge on any atom is -0.368 e. The van der Waals surface area contributed by atoms with E-state index in [0.717, 1.165) is 28.3 Å². The quantitative estimate of drug-likeness (QED) is 0.750. The van der Waals surface area contributed by atoms with Crippen molar-refractivity contribution in [3.8, 4) is 11.1 Å². The summed E-state index contributed by atoms with van der Waals surface area (Å²) in [5, 5.41) is 1.72. The fourth-order valence-corrected chi connectivity index (χ4v) is 3.96. The van der Waals surface area contributed by atoms with E-state index in [2.05, 4.69) is 0 Å². The zero-order valence-electron chi connectivity index (χ0n) is 15.6. The number of amides is 2. The van der Waals surface area contributed by atoms with Gasteiger partial charge in [0.25, 0.3) is 5.91 Å². The molecular formula is C23H21FN2O2. The van der Waals surface area contributed by atoms with E-state index >= 15 is 0 Å². The predicted molar refractivity (Wildman–Crippen MR) is 107 cm³/mol. The monoisotopic (exact) mass is 376 g/mol. The van der Waals surface area contributed by atoms with Crippen LogP contribution < -0.4 is 5.73 Å². The normalized spacial score (nSPS) is 16.5. The Morgan fingerprint density at radius 3 is 2.64 bits per heavy atom. The molecule has 1 saturated heterocycles. The Hall–Kier alpha value is -3.21. The van der Waals surface area contributed by atoms with E-state index in [4.69, 9.17) is 5.73 Å². The van der Waals surface area contributed by atoms with Crippen LogP contribution in [-0.4, -0.2) is 29.3 Å². The average molecular weight is 376 g/mol. The van der Waals surface area contributed by atoms with Gasteiger partial charge in [0.05, 0.1) is 0 Å². The second-order valence-electron chi connectivity index (χ2n) is 7.28. The number of fused-ring (bicyclic) bond motifs is 1. The molecule has 0 aromatic heterocycles. The summed E-state index contributed by atoms with van der Waals surface area (Å²) in [6.07, 6.45) is 1.37. The number of nitrogens with zero attached hydrogens (tertiary/aromatic N) is 1. The predicted octanol–water partition coefficient (Wildman–Crippen LogP) is 4.04. The molecule has 142 valence electrons. The maximum Gasteiger partial charge on any atom is 0.254 e. The van der Waals surface area contributed by atoms with Gasteiger partial charge in [-0.1, -0.05) is 36.4 Å². The van der Waals surface area contributed by atoms with Gasteiger partial charge in [-0.15, -0.1) is 0 Å². The van der Waals surface area contributed by atoms with Crippen molar-refractivity contribution in [2.24, 2.45) is 5.73 Å². The number of carbonyl (C=O) groups is 2. The molecule has 0 radical (unpaired) electrons. The molecule has 0 unspecified atom stereocenters. The van der Waals surface area contributed by atoms with E-state index < -0.39 is 11.9 Å². The van der Waals surface area contributed by atoms with Gasteiger partial charge in [0.1, 0.15) is 11.9 Å². The second kappa shape index (κ2) is 7.08. The first-order valence-corrected chi connectivity index (χ1v) is 9.35. The van der Waals surface area contributed by atoms with Crippen LogP contribution in [0.25, 0.3) is 21.9 Å². The number of nitrogens with two attached hydrogens (primary N) is 1. The molecule has 1 aliphatic heterocycles. The number of likely N-dealkylation sites (tertiary alicyclic amines) is 1. The highest BCUT2D eigenvalue weighted by Crippen LogP contribution is 2.32. The minimum absolute atomic E-state index is 0.199. The summed E-state index contributed by atoms with van der Waals surface area (Å²) in [6.45, 7) is 2.38. The first kappa shape index (κ1) is 18.2. The van der Waals surface area contributed by atoms with E-state index in [1.165, 1.54) is 6.07 Å². The van der Waals surface area contributed by atoms with Crippen LogP contribution >= 0.6 is 0 Å². The lowest BCUT2D eigenvalue weighted by molar-refractivity contribution is -0.121. The number of halogens is 1. The molecule has 1 atom stereocenters. The molecule has 0 saturated carbocycles. The first-order valence-electron chi connectivity index (χ1n) is 9.35. The van der Waals surface area contributed by atoms with Gasteiger partial charge < -0.3 is 10.6 Å². The molecular weight excluding hydrogens is 355 g/mol. The van der Waals surface area contributed by atoms with Crippen LogP contribution in [0.4, 0.5) is 4.39 Å². The molecule has 0 spiro atoms. The van der Waals surface area contributed by atoms with Crippen LogP contribution in [0.3, 0.4) is 0 Å². The van der Waals surface area contributed by atoms with Crippen molar-refractivity contribution in [2.75, 3.05) is 6.54 Å².